The van der Waals surface area contributed by atoms with Crippen molar-refractivity contribution in [3.05, 3.63) is 170 Å². The van der Waals surface area contributed by atoms with E-state index in [1.807, 2.05) is 30.3 Å². The topological polar surface area (TPSA) is 55.6 Å². The summed E-state index contributed by atoms with van der Waals surface area (Å²) in [6.07, 6.45) is 0. The Labute approximate surface area is 317 Å². The number of hydrogen-bond acceptors (Lipinski definition) is 6. The van der Waals surface area contributed by atoms with Crippen LogP contribution in [-0.2, 0) is 0 Å². The zero-order valence-corrected chi connectivity index (χ0v) is 30.0. The van der Waals surface area contributed by atoms with Gasteiger partial charge in [-0.3, -0.25) is 0 Å². The first-order valence-corrected chi connectivity index (χ1v) is 19.1. The van der Waals surface area contributed by atoms with Crippen molar-refractivity contribution in [1.82, 2.24) is 4.98 Å². The average Bonchev–Trinajstić information content (AvgIpc) is 4.02. The van der Waals surface area contributed by atoms with E-state index in [1.165, 1.54) is 0 Å². The van der Waals surface area contributed by atoms with Crippen molar-refractivity contribution < 1.29 is 13.3 Å². The van der Waals surface area contributed by atoms with Gasteiger partial charge in [0.2, 0.25) is 0 Å². The van der Waals surface area contributed by atoms with Gasteiger partial charge in [-0.1, -0.05) is 84.9 Å². The molecule has 0 atom stereocenters. The highest BCUT2D eigenvalue weighted by molar-refractivity contribution is 7.21. The number of furan rings is 3. The smallest absolute Gasteiger partial charge is 0.137 e. The van der Waals surface area contributed by atoms with Crippen molar-refractivity contribution >= 4 is 104 Å². The normalized spacial score (nSPS) is 12.0. The van der Waals surface area contributed by atoms with Gasteiger partial charge in [-0.05, 0) is 96.1 Å². The highest BCUT2D eigenvalue weighted by Crippen LogP contribution is 2.43. The predicted molar refractivity (Wildman–Crippen MR) is 227 cm³/mol. The summed E-state index contributed by atoms with van der Waals surface area (Å²) in [7, 11) is 0. The fourth-order valence-corrected chi connectivity index (χ4v) is 9.07. The van der Waals surface area contributed by atoms with Crippen molar-refractivity contribution in [2.75, 3.05) is 4.90 Å². The van der Waals surface area contributed by atoms with Gasteiger partial charge in [0.25, 0.3) is 0 Å². The van der Waals surface area contributed by atoms with Gasteiger partial charge in [-0.15, -0.1) is 11.3 Å². The molecule has 0 bridgehead atoms. The fraction of sp³-hybridized carbons (Fsp3) is 0. The van der Waals surface area contributed by atoms with E-state index < -0.39 is 0 Å². The number of benzene rings is 8. The van der Waals surface area contributed by atoms with Gasteiger partial charge in [0.15, 0.2) is 0 Å². The van der Waals surface area contributed by atoms with Crippen LogP contribution in [0.4, 0.5) is 17.1 Å². The molecule has 0 amide bonds. The summed E-state index contributed by atoms with van der Waals surface area (Å²) in [6, 6.07) is 59.1. The molecule has 0 radical (unpaired) electrons. The molecule has 0 aliphatic rings. The Morgan fingerprint density at radius 3 is 1.64 bits per heavy atom. The lowest BCUT2D eigenvalue weighted by molar-refractivity contribution is 0.668. The van der Waals surface area contributed by atoms with E-state index in [1.54, 1.807) is 11.3 Å². The predicted octanol–water partition coefficient (Wildman–Crippen LogP) is 14.8. The molecule has 0 N–H and O–H groups in total. The minimum atomic E-state index is 0.847. The molecule has 0 aliphatic carbocycles. The zero-order valence-electron chi connectivity index (χ0n) is 29.2. The summed E-state index contributed by atoms with van der Waals surface area (Å²) in [5.41, 5.74) is 12.6. The van der Waals surface area contributed by atoms with Gasteiger partial charge < -0.3 is 18.2 Å². The Balaban J connectivity index is 0.966. The van der Waals surface area contributed by atoms with Crippen molar-refractivity contribution in [2.45, 2.75) is 0 Å². The third-order valence-electron chi connectivity index (χ3n) is 10.7. The first-order chi connectivity index (χ1) is 27.2. The Morgan fingerprint density at radius 1 is 0.382 bits per heavy atom. The second kappa shape index (κ2) is 11.7. The van der Waals surface area contributed by atoms with Crippen LogP contribution < -0.4 is 4.90 Å². The minimum absolute atomic E-state index is 0.847. The molecule has 0 saturated heterocycles. The van der Waals surface area contributed by atoms with Crippen LogP contribution in [0.15, 0.2) is 183 Å². The van der Waals surface area contributed by atoms with Crippen LogP contribution in [0.2, 0.25) is 0 Å². The summed E-state index contributed by atoms with van der Waals surface area (Å²) in [6.45, 7) is 0. The van der Waals surface area contributed by atoms with E-state index in [0.717, 1.165) is 115 Å². The molecule has 0 aliphatic heterocycles. The number of para-hydroxylation sites is 2. The van der Waals surface area contributed by atoms with E-state index >= 15 is 0 Å². The number of nitrogens with zero attached hydrogens (tertiary/aromatic N) is 2. The molecule has 8 aromatic carbocycles. The highest BCUT2D eigenvalue weighted by Gasteiger charge is 2.19. The molecule has 12 aromatic rings. The maximum absolute atomic E-state index is 6.47. The van der Waals surface area contributed by atoms with Crippen LogP contribution in [0.3, 0.4) is 0 Å². The lowest BCUT2D eigenvalue weighted by Crippen LogP contribution is -2.09. The molecule has 0 spiro atoms. The molecule has 4 heterocycles. The monoisotopic (exact) mass is 724 g/mol. The van der Waals surface area contributed by atoms with E-state index in [-0.39, 0.29) is 0 Å². The van der Waals surface area contributed by atoms with Crippen LogP contribution in [-0.4, -0.2) is 4.98 Å². The standard InChI is InChI=1S/C49H28N2O3S/c1-2-8-30(9-3-1)49-50-48-46(55-49)25-24-44-47(48)37-21-16-31(26-45(37)54-44)29-14-17-32(18-15-29)51(33-19-22-42-38(27-33)35-10-4-6-12-40(35)52-42)34-20-23-43-39(28-34)36-11-5-7-13-41(36)53-43/h1-28H. The molecule has 258 valence electrons. The summed E-state index contributed by atoms with van der Waals surface area (Å²) in [5, 5.41) is 7.50. The van der Waals surface area contributed by atoms with Gasteiger partial charge in [0, 0.05) is 49.6 Å². The van der Waals surface area contributed by atoms with Crippen molar-refractivity contribution in [3.8, 4) is 21.7 Å². The molecular formula is C49H28N2O3S. The largest absolute Gasteiger partial charge is 0.456 e. The van der Waals surface area contributed by atoms with Crippen molar-refractivity contribution in [3.63, 3.8) is 0 Å². The van der Waals surface area contributed by atoms with Crippen molar-refractivity contribution in [2.24, 2.45) is 0 Å². The maximum atomic E-state index is 6.47. The van der Waals surface area contributed by atoms with Crippen molar-refractivity contribution in [1.29, 1.82) is 0 Å². The quantitative estimate of drug-likeness (QED) is 0.177. The van der Waals surface area contributed by atoms with Gasteiger partial charge in [0.1, 0.15) is 38.5 Å². The second-order valence-corrected chi connectivity index (χ2v) is 15.0. The van der Waals surface area contributed by atoms with Crippen LogP contribution in [0.5, 0.6) is 0 Å². The van der Waals surface area contributed by atoms with Crippen LogP contribution in [0, 0.1) is 0 Å². The first kappa shape index (κ1) is 30.3. The van der Waals surface area contributed by atoms with Gasteiger partial charge in [0.05, 0.1) is 15.6 Å². The van der Waals surface area contributed by atoms with Gasteiger partial charge in [-0.2, -0.15) is 0 Å². The lowest BCUT2D eigenvalue weighted by atomic mass is 10.0. The van der Waals surface area contributed by atoms with Crippen LogP contribution >= 0.6 is 11.3 Å². The van der Waals surface area contributed by atoms with Crippen LogP contribution in [0.1, 0.15) is 0 Å². The number of thiazole rings is 1. The van der Waals surface area contributed by atoms with Gasteiger partial charge in [-0.25, -0.2) is 4.98 Å². The molecular weight excluding hydrogens is 697 g/mol. The molecule has 0 unspecified atom stereocenters. The van der Waals surface area contributed by atoms with E-state index in [4.69, 9.17) is 18.2 Å². The molecule has 4 aromatic heterocycles. The van der Waals surface area contributed by atoms with E-state index in [9.17, 15) is 0 Å². The van der Waals surface area contributed by atoms with Gasteiger partial charge >= 0.3 is 0 Å². The SMILES string of the molecule is c1ccc(-c2nc3c(ccc4oc5cc(-c6ccc(N(c7ccc8oc9ccccc9c8c7)c7ccc8oc9ccccc9c8c7)cc6)ccc5c43)s2)cc1. The Kier molecular flexibility index (Phi) is 6.44. The summed E-state index contributed by atoms with van der Waals surface area (Å²) >= 11 is 1.71. The molecule has 5 nitrogen and oxygen atoms in total. The maximum Gasteiger partial charge on any atom is 0.137 e. The third-order valence-corrected chi connectivity index (χ3v) is 11.8. The highest BCUT2D eigenvalue weighted by atomic mass is 32.1. The summed E-state index contributed by atoms with van der Waals surface area (Å²) in [4.78, 5) is 7.39. The minimum Gasteiger partial charge on any atom is -0.456 e. The average molecular weight is 725 g/mol. The zero-order chi connectivity index (χ0) is 36.0. The van der Waals surface area contributed by atoms with E-state index in [2.05, 4.69) is 144 Å². The molecule has 12 rings (SSSR count). The molecule has 0 fully saturated rings. The molecule has 0 saturated carbocycles. The fourth-order valence-electron chi connectivity index (χ4n) is 8.09. The first-order valence-electron chi connectivity index (χ1n) is 18.3. The number of anilines is 3. The number of hydrogen-bond donors (Lipinski definition) is 0. The summed E-state index contributed by atoms with van der Waals surface area (Å²) < 4.78 is 20.0. The third kappa shape index (κ3) is 4.75. The van der Waals surface area contributed by atoms with Crippen LogP contribution in [0.25, 0.3) is 97.7 Å². The summed E-state index contributed by atoms with van der Waals surface area (Å²) in [5.74, 6) is 0. The van der Waals surface area contributed by atoms with E-state index in [0.29, 0.717) is 0 Å². The Bertz CT molecular complexity index is 3330. The number of fused-ring (bicyclic) bond motifs is 11. The Hall–Kier alpha value is -7.15. The Morgan fingerprint density at radius 2 is 0.945 bits per heavy atom. The molecule has 6 heteroatoms. The number of rotatable bonds is 5. The second-order valence-electron chi connectivity index (χ2n) is 13.9. The molecule has 55 heavy (non-hydrogen) atoms. The number of aromatic nitrogens is 1. The lowest BCUT2D eigenvalue weighted by Gasteiger charge is -2.26.